The number of esters is 3. The molecule has 288 valence electrons. The van der Waals surface area contributed by atoms with Crippen molar-refractivity contribution in [3.8, 4) is 0 Å². The molecule has 0 bridgehead atoms. The molecule has 0 aromatic rings. The maximum Gasteiger partial charge on any atom is 0.305 e. The van der Waals surface area contributed by atoms with Crippen LogP contribution in [0.5, 0.6) is 0 Å². The highest BCUT2D eigenvalue weighted by Gasteiger charge is 2.12. The predicted octanol–water partition coefficient (Wildman–Crippen LogP) is 8.83. The number of aliphatic hydroxyl groups is 3. The summed E-state index contributed by atoms with van der Waals surface area (Å²) in [6, 6.07) is 0. The van der Waals surface area contributed by atoms with E-state index in [9.17, 15) is 19.5 Å². The highest BCUT2D eigenvalue weighted by Crippen LogP contribution is 2.14. The lowest BCUT2D eigenvalue weighted by Gasteiger charge is -2.12. The Balaban J connectivity index is 3.45. The number of hydrogen-bond acceptors (Lipinski definition) is 9. The molecule has 0 aromatic heterocycles. The van der Waals surface area contributed by atoms with Crippen LogP contribution in [-0.2, 0) is 28.6 Å². The van der Waals surface area contributed by atoms with Gasteiger partial charge in [-0.1, -0.05) is 135 Å². The summed E-state index contributed by atoms with van der Waals surface area (Å²) in [5, 5.41) is 27.9. The minimum absolute atomic E-state index is 0.139. The van der Waals surface area contributed by atoms with Crippen molar-refractivity contribution in [1.82, 2.24) is 0 Å². The molecule has 0 amide bonds. The van der Waals surface area contributed by atoms with Crippen LogP contribution < -0.4 is 0 Å². The second-order valence-corrected chi connectivity index (χ2v) is 13.6. The Kier molecular flexibility index (Phi) is 35.8. The highest BCUT2D eigenvalue weighted by molar-refractivity contribution is 5.70. The van der Waals surface area contributed by atoms with Gasteiger partial charge in [-0.2, -0.15) is 0 Å². The van der Waals surface area contributed by atoms with Crippen molar-refractivity contribution in [2.75, 3.05) is 26.4 Å². The van der Waals surface area contributed by atoms with Crippen LogP contribution in [0, 0.1) is 0 Å². The third-order valence-electron chi connectivity index (χ3n) is 8.68. The van der Waals surface area contributed by atoms with Crippen molar-refractivity contribution in [3.63, 3.8) is 0 Å². The lowest BCUT2D eigenvalue weighted by molar-refractivity contribution is -0.152. The Morgan fingerprint density at radius 3 is 1.06 bits per heavy atom. The summed E-state index contributed by atoms with van der Waals surface area (Å²) in [5.41, 5.74) is 0. The largest absolute Gasteiger partial charge is 0.463 e. The van der Waals surface area contributed by atoms with E-state index in [1.54, 1.807) is 0 Å². The quantitative estimate of drug-likeness (QED) is 0.0251. The molecule has 0 fully saturated rings. The molecule has 0 aromatic carbocycles. The van der Waals surface area contributed by atoms with E-state index in [0.29, 0.717) is 19.3 Å². The average molecular weight is 699 g/mol. The standard InChI is InChI=1S/C40H74O9/c1-2-3-4-5-6-7-8-11-14-17-21-24-27-30-39(45)48-34-37(43)35-49-40(46)31-28-25-22-19-16-13-10-9-12-15-18-20-23-26-29-38(44)47-33-36(42)32-41/h9-10,36-37,41-43H,2-8,11-35H2,1H3. The van der Waals surface area contributed by atoms with E-state index in [0.717, 1.165) is 96.3 Å². The molecule has 2 atom stereocenters. The molecule has 0 saturated heterocycles. The molecular formula is C40H74O9. The number of unbranched alkanes of at least 4 members (excludes halogenated alkanes) is 22. The Morgan fingerprint density at radius 2 is 0.735 bits per heavy atom. The molecule has 0 heterocycles. The predicted molar refractivity (Wildman–Crippen MR) is 196 cm³/mol. The van der Waals surface area contributed by atoms with Crippen molar-refractivity contribution in [2.45, 2.75) is 199 Å². The number of allylic oxidation sites excluding steroid dienone is 2. The van der Waals surface area contributed by atoms with E-state index < -0.39 is 18.8 Å². The summed E-state index contributed by atoms with van der Waals surface area (Å²) < 4.78 is 15.2. The normalized spacial score (nSPS) is 12.7. The van der Waals surface area contributed by atoms with E-state index in [2.05, 4.69) is 19.1 Å². The Hall–Kier alpha value is -1.97. The molecular weight excluding hydrogens is 624 g/mol. The molecule has 9 heteroatoms. The summed E-state index contributed by atoms with van der Waals surface area (Å²) >= 11 is 0. The van der Waals surface area contributed by atoms with E-state index in [1.165, 1.54) is 64.2 Å². The fourth-order valence-electron chi connectivity index (χ4n) is 5.53. The smallest absolute Gasteiger partial charge is 0.305 e. The maximum atomic E-state index is 12.0. The topological polar surface area (TPSA) is 140 Å². The molecule has 0 rings (SSSR count). The van der Waals surface area contributed by atoms with Gasteiger partial charge in [0.05, 0.1) is 6.61 Å². The first-order chi connectivity index (χ1) is 23.9. The molecule has 0 aliphatic heterocycles. The van der Waals surface area contributed by atoms with Gasteiger partial charge in [0.25, 0.3) is 0 Å². The first-order valence-electron chi connectivity index (χ1n) is 20.0. The fourth-order valence-corrected chi connectivity index (χ4v) is 5.53. The van der Waals surface area contributed by atoms with Crippen molar-refractivity contribution in [1.29, 1.82) is 0 Å². The van der Waals surface area contributed by atoms with Gasteiger partial charge in [0.1, 0.15) is 32.0 Å². The molecule has 0 saturated carbocycles. The third kappa shape index (κ3) is 37.1. The molecule has 0 aliphatic carbocycles. The summed E-state index contributed by atoms with van der Waals surface area (Å²) in [4.78, 5) is 35.4. The van der Waals surface area contributed by atoms with Gasteiger partial charge in [-0.15, -0.1) is 0 Å². The molecule has 2 unspecified atom stereocenters. The van der Waals surface area contributed by atoms with Crippen LogP contribution in [0.1, 0.15) is 187 Å². The molecule has 0 spiro atoms. The number of rotatable bonds is 37. The van der Waals surface area contributed by atoms with Crippen LogP contribution in [0.4, 0.5) is 0 Å². The number of carbonyl (C=O) groups is 3. The van der Waals surface area contributed by atoms with Gasteiger partial charge in [0.2, 0.25) is 0 Å². The maximum absolute atomic E-state index is 12.0. The lowest BCUT2D eigenvalue weighted by atomic mass is 10.0. The van der Waals surface area contributed by atoms with Crippen molar-refractivity contribution < 1.29 is 43.9 Å². The zero-order valence-electron chi connectivity index (χ0n) is 31.2. The van der Waals surface area contributed by atoms with Crippen LogP contribution in [0.15, 0.2) is 12.2 Å². The lowest BCUT2D eigenvalue weighted by Crippen LogP contribution is -2.25. The van der Waals surface area contributed by atoms with Crippen molar-refractivity contribution in [3.05, 3.63) is 12.2 Å². The number of aliphatic hydroxyl groups excluding tert-OH is 3. The molecule has 49 heavy (non-hydrogen) atoms. The Morgan fingerprint density at radius 1 is 0.449 bits per heavy atom. The second kappa shape index (κ2) is 37.3. The van der Waals surface area contributed by atoms with E-state index in [1.807, 2.05) is 0 Å². The second-order valence-electron chi connectivity index (χ2n) is 13.6. The third-order valence-corrected chi connectivity index (χ3v) is 8.68. The average Bonchev–Trinajstić information content (AvgIpc) is 3.10. The summed E-state index contributed by atoms with van der Waals surface area (Å²) in [5.74, 6) is -0.946. The van der Waals surface area contributed by atoms with Gasteiger partial charge >= 0.3 is 17.9 Å². The monoisotopic (exact) mass is 699 g/mol. The molecule has 3 N–H and O–H groups in total. The van der Waals surface area contributed by atoms with Crippen LogP contribution >= 0.6 is 0 Å². The zero-order chi connectivity index (χ0) is 36.0. The van der Waals surface area contributed by atoms with Gasteiger partial charge in [0, 0.05) is 19.3 Å². The van der Waals surface area contributed by atoms with E-state index in [4.69, 9.17) is 24.4 Å². The molecule has 0 aliphatic rings. The summed E-state index contributed by atoms with van der Waals surface area (Å²) in [6.45, 7) is 1.42. The zero-order valence-corrected chi connectivity index (χ0v) is 31.2. The van der Waals surface area contributed by atoms with Gasteiger partial charge in [-0.05, 0) is 44.9 Å². The van der Waals surface area contributed by atoms with Gasteiger partial charge < -0.3 is 29.5 Å². The van der Waals surface area contributed by atoms with Crippen LogP contribution in [0.3, 0.4) is 0 Å². The summed E-state index contributed by atoms with van der Waals surface area (Å²) in [6.07, 6.45) is 32.2. The van der Waals surface area contributed by atoms with E-state index in [-0.39, 0.29) is 37.7 Å². The van der Waals surface area contributed by atoms with Crippen molar-refractivity contribution in [2.24, 2.45) is 0 Å². The molecule has 9 nitrogen and oxygen atoms in total. The SMILES string of the molecule is CCCCCCCCCCCCCCCC(=O)OCC(O)COC(=O)CCCCCCCC=CCCCCCCCC(=O)OCC(O)CO. The first kappa shape index (κ1) is 47.0. The van der Waals surface area contributed by atoms with Crippen LogP contribution in [0.2, 0.25) is 0 Å². The summed E-state index contributed by atoms with van der Waals surface area (Å²) in [7, 11) is 0. The van der Waals surface area contributed by atoms with Gasteiger partial charge in [-0.3, -0.25) is 14.4 Å². The minimum atomic E-state index is -0.997. The minimum Gasteiger partial charge on any atom is -0.463 e. The van der Waals surface area contributed by atoms with Crippen LogP contribution in [-0.4, -0.2) is 71.9 Å². The Labute approximate surface area is 298 Å². The van der Waals surface area contributed by atoms with E-state index >= 15 is 0 Å². The van der Waals surface area contributed by atoms with Crippen LogP contribution in [0.25, 0.3) is 0 Å². The first-order valence-corrected chi connectivity index (χ1v) is 20.0. The Bertz CT molecular complexity index is 786. The fraction of sp³-hybridized carbons (Fsp3) is 0.875. The van der Waals surface area contributed by atoms with Gasteiger partial charge in [-0.25, -0.2) is 0 Å². The molecule has 0 radical (unpaired) electrons. The number of ether oxygens (including phenoxy) is 3. The number of hydrogen-bond donors (Lipinski definition) is 3. The highest BCUT2D eigenvalue weighted by atomic mass is 16.6. The number of carbonyl (C=O) groups excluding carboxylic acids is 3. The van der Waals surface area contributed by atoms with Gasteiger partial charge in [0.15, 0.2) is 0 Å². The van der Waals surface area contributed by atoms with Crippen molar-refractivity contribution >= 4 is 17.9 Å².